The molecule has 1 aromatic rings. The van der Waals surface area contributed by atoms with Gasteiger partial charge in [0.25, 0.3) is 0 Å². The van der Waals surface area contributed by atoms with E-state index in [0.29, 0.717) is 12.4 Å². The van der Waals surface area contributed by atoms with E-state index in [9.17, 15) is 4.39 Å². The molecule has 0 aliphatic carbocycles. The largest absolute Gasteiger partial charge is 0.489 e. The van der Waals surface area contributed by atoms with E-state index in [-0.39, 0.29) is 5.82 Å². The Balaban J connectivity index is 2.31. The van der Waals surface area contributed by atoms with E-state index >= 15 is 0 Å². The molecule has 0 aliphatic heterocycles. The molecule has 0 radical (unpaired) electrons. The molecule has 1 rings (SSSR count). The predicted octanol–water partition coefficient (Wildman–Crippen LogP) is 2.97. The zero-order valence-corrected chi connectivity index (χ0v) is 10.3. The Morgan fingerprint density at radius 3 is 2.87 bits per heavy atom. The fourth-order valence-electron chi connectivity index (χ4n) is 1.13. The summed E-state index contributed by atoms with van der Waals surface area (Å²) >= 11 is 3.19. The van der Waals surface area contributed by atoms with Gasteiger partial charge in [0.05, 0.1) is 0 Å². The molecule has 0 fully saturated rings. The summed E-state index contributed by atoms with van der Waals surface area (Å²) in [6, 6.07) is 4.78. The van der Waals surface area contributed by atoms with Gasteiger partial charge in [-0.3, -0.25) is 0 Å². The Kier molecular flexibility index (Phi) is 5.65. The summed E-state index contributed by atoms with van der Waals surface area (Å²) in [5.74, 6) is -0.0311. The van der Waals surface area contributed by atoms with E-state index in [1.54, 1.807) is 12.1 Å². The minimum Gasteiger partial charge on any atom is -0.489 e. The fraction of sp³-hybridized carbons (Fsp3) is 0.455. The highest BCUT2D eigenvalue weighted by Crippen LogP contribution is 2.21. The van der Waals surface area contributed by atoms with Crippen LogP contribution >= 0.6 is 15.9 Å². The first kappa shape index (κ1) is 12.5. The summed E-state index contributed by atoms with van der Waals surface area (Å²) in [5.41, 5.74) is 0. The van der Waals surface area contributed by atoms with Crippen LogP contribution in [0.25, 0.3) is 0 Å². The van der Waals surface area contributed by atoms with Gasteiger partial charge in [0.2, 0.25) is 0 Å². The number of rotatable bonds is 6. The Labute approximate surface area is 98.0 Å². The molecule has 0 saturated heterocycles. The summed E-state index contributed by atoms with van der Waals surface area (Å²) in [5, 5.41) is 3.18. The molecule has 1 aromatic carbocycles. The molecular formula is C11H15BrFNO. The highest BCUT2D eigenvalue weighted by atomic mass is 79.9. The molecule has 0 atom stereocenters. The van der Waals surface area contributed by atoms with Crippen LogP contribution in [-0.2, 0) is 0 Å². The Morgan fingerprint density at radius 1 is 1.40 bits per heavy atom. The first-order valence-electron chi connectivity index (χ1n) is 5.02. The van der Waals surface area contributed by atoms with E-state index in [1.165, 1.54) is 6.07 Å². The maximum absolute atomic E-state index is 13.3. The molecule has 1 N–H and O–H groups in total. The second-order valence-electron chi connectivity index (χ2n) is 3.17. The van der Waals surface area contributed by atoms with Crippen LogP contribution in [0.5, 0.6) is 5.75 Å². The van der Waals surface area contributed by atoms with Crippen LogP contribution < -0.4 is 10.1 Å². The molecule has 0 aliphatic rings. The van der Waals surface area contributed by atoms with Crippen LogP contribution in [-0.4, -0.2) is 19.7 Å². The third-order valence-corrected chi connectivity index (χ3v) is 2.35. The number of ether oxygens (including phenoxy) is 1. The minimum atomic E-state index is -0.333. The van der Waals surface area contributed by atoms with Gasteiger partial charge < -0.3 is 10.1 Å². The fourth-order valence-corrected chi connectivity index (χ4v) is 1.46. The van der Waals surface area contributed by atoms with Gasteiger partial charge >= 0.3 is 0 Å². The number of hydrogen-bond acceptors (Lipinski definition) is 2. The molecule has 15 heavy (non-hydrogen) atoms. The summed E-state index contributed by atoms with van der Waals surface area (Å²) in [6.07, 6.45) is 1.09. The molecule has 0 heterocycles. The summed E-state index contributed by atoms with van der Waals surface area (Å²) in [4.78, 5) is 0. The zero-order chi connectivity index (χ0) is 11.1. The lowest BCUT2D eigenvalue weighted by molar-refractivity contribution is 0.299. The smallest absolute Gasteiger partial charge is 0.166 e. The molecule has 0 spiro atoms. The molecule has 0 bridgehead atoms. The van der Waals surface area contributed by atoms with Gasteiger partial charge in [-0.2, -0.15) is 0 Å². The SMILES string of the molecule is CCCNCCOc1ccc(Br)cc1F. The van der Waals surface area contributed by atoms with Crippen molar-refractivity contribution in [2.75, 3.05) is 19.7 Å². The number of benzene rings is 1. The lowest BCUT2D eigenvalue weighted by atomic mass is 10.3. The molecule has 4 heteroatoms. The molecule has 2 nitrogen and oxygen atoms in total. The minimum absolute atomic E-state index is 0.302. The van der Waals surface area contributed by atoms with E-state index in [1.807, 2.05) is 0 Å². The Morgan fingerprint density at radius 2 is 2.20 bits per heavy atom. The van der Waals surface area contributed by atoms with Gasteiger partial charge in [0.15, 0.2) is 11.6 Å². The van der Waals surface area contributed by atoms with Crippen LogP contribution in [0.15, 0.2) is 22.7 Å². The van der Waals surface area contributed by atoms with E-state index in [0.717, 1.165) is 24.0 Å². The molecule has 0 aromatic heterocycles. The highest BCUT2D eigenvalue weighted by molar-refractivity contribution is 9.10. The van der Waals surface area contributed by atoms with Crippen LogP contribution in [0.1, 0.15) is 13.3 Å². The lowest BCUT2D eigenvalue weighted by Crippen LogP contribution is -2.21. The van der Waals surface area contributed by atoms with Crippen LogP contribution in [0.3, 0.4) is 0 Å². The quantitative estimate of drug-likeness (QED) is 0.806. The van der Waals surface area contributed by atoms with E-state index in [4.69, 9.17) is 4.74 Å². The van der Waals surface area contributed by atoms with Gasteiger partial charge in [-0.15, -0.1) is 0 Å². The number of halogens is 2. The third-order valence-electron chi connectivity index (χ3n) is 1.86. The monoisotopic (exact) mass is 275 g/mol. The van der Waals surface area contributed by atoms with Gasteiger partial charge in [0, 0.05) is 11.0 Å². The molecule has 0 saturated carbocycles. The van der Waals surface area contributed by atoms with Crippen LogP contribution in [0, 0.1) is 5.82 Å². The van der Waals surface area contributed by atoms with Crippen molar-refractivity contribution >= 4 is 15.9 Å². The van der Waals surface area contributed by atoms with Crippen molar-refractivity contribution in [1.29, 1.82) is 0 Å². The molecule has 0 amide bonds. The van der Waals surface area contributed by atoms with Crippen molar-refractivity contribution in [3.8, 4) is 5.75 Å². The second kappa shape index (κ2) is 6.80. The van der Waals surface area contributed by atoms with Crippen LogP contribution in [0.4, 0.5) is 4.39 Å². The maximum Gasteiger partial charge on any atom is 0.166 e. The Hall–Kier alpha value is -0.610. The van der Waals surface area contributed by atoms with E-state index in [2.05, 4.69) is 28.2 Å². The standard InChI is InChI=1S/C11H15BrFNO/c1-2-5-14-6-7-15-11-4-3-9(12)8-10(11)13/h3-4,8,14H,2,5-7H2,1H3. The number of nitrogens with one attached hydrogen (secondary N) is 1. The van der Waals surface area contributed by atoms with Gasteiger partial charge in [0.1, 0.15) is 6.61 Å². The maximum atomic E-state index is 13.3. The highest BCUT2D eigenvalue weighted by Gasteiger charge is 2.02. The zero-order valence-electron chi connectivity index (χ0n) is 8.72. The number of hydrogen-bond donors (Lipinski definition) is 1. The lowest BCUT2D eigenvalue weighted by Gasteiger charge is -2.07. The van der Waals surface area contributed by atoms with Crippen molar-refractivity contribution in [3.05, 3.63) is 28.5 Å². The van der Waals surface area contributed by atoms with E-state index < -0.39 is 0 Å². The second-order valence-corrected chi connectivity index (χ2v) is 4.09. The van der Waals surface area contributed by atoms with Gasteiger partial charge in [-0.1, -0.05) is 22.9 Å². The van der Waals surface area contributed by atoms with Gasteiger partial charge in [-0.05, 0) is 31.2 Å². The van der Waals surface area contributed by atoms with Crippen molar-refractivity contribution in [2.45, 2.75) is 13.3 Å². The topological polar surface area (TPSA) is 21.3 Å². The molecule has 0 unspecified atom stereocenters. The third kappa shape index (κ3) is 4.62. The van der Waals surface area contributed by atoms with Crippen molar-refractivity contribution < 1.29 is 9.13 Å². The van der Waals surface area contributed by atoms with Crippen LogP contribution in [0.2, 0.25) is 0 Å². The average Bonchev–Trinajstić information content (AvgIpc) is 2.20. The average molecular weight is 276 g/mol. The summed E-state index contributed by atoms with van der Waals surface area (Å²) < 4.78 is 19.2. The van der Waals surface area contributed by atoms with Gasteiger partial charge in [-0.25, -0.2) is 4.39 Å². The molecular weight excluding hydrogens is 261 g/mol. The summed E-state index contributed by atoms with van der Waals surface area (Å²) in [6.45, 7) is 4.29. The Bertz CT molecular complexity index is 307. The molecule has 84 valence electrons. The van der Waals surface area contributed by atoms with Crippen molar-refractivity contribution in [1.82, 2.24) is 5.32 Å². The van der Waals surface area contributed by atoms with Crippen molar-refractivity contribution in [2.24, 2.45) is 0 Å². The normalized spacial score (nSPS) is 10.3. The summed E-state index contributed by atoms with van der Waals surface area (Å²) in [7, 11) is 0. The first-order chi connectivity index (χ1) is 7.24. The predicted molar refractivity (Wildman–Crippen MR) is 62.8 cm³/mol. The van der Waals surface area contributed by atoms with Crippen molar-refractivity contribution in [3.63, 3.8) is 0 Å². The first-order valence-corrected chi connectivity index (χ1v) is 5.82.